The second-order valence-electron chi connectivity index (χ2n) is 15.5. The Balaban J connectivity index is 1.06. The van der Waals surface area contributed by atoms with E-state index in [9.17, 15) is 0 Å². The molecule has 2 aromatic heterocycles. The second kappa shape index (κ2) is 14.3. The van der Waals surface area contributed by atoms with Crippen molar-refractivity contribution in [2.75, 3.05) is 0 Å². The van der Waals surface area contributed by atoms with Crippen LogP contribution >= 0.6 is 0 Å². The van der Waals surface area contributed by atoms with E-state index >= 15 is 0 Å². The summed E-state index contributed by atoms with van der Waals surface area (Å²) in [6, 6.07) is 74.6. The molecule has 0 unspecified atom stereocenters. The Labute approximate surface area is 352 Å². The summed E-state index contributed by atoms with van der Waals surface area (Å²) in [5.74, 6) is 1.78. The van der Waals surface area contributed by atoms with Crippen LogP contribution in [0.3, 0.4) is 0 Å². The zero-order valence-electron chi connectivity index (χ0n) is 33.0. The van der Waals surface area contributed by atoms with Gasteiger partial charge >= 0.3 is 0 Å². The van der Waals surface area contributed by atoms with E-state index in [4.69, 9.17) is 19.4 Å². The third kappa shape index (κ3) is 6.04. The van der Waals surface area contributed by atoms with Gasteiger partial charge in [0.2, 0.25) is 0 Å². The fourth-order valence-electron chi connectivity index (χ4n) is 8.96. The highest BCUT2D eigenvalue weighted by molar-refractivity contribution is 6.15. The van der Waals surface area contributed by atoms with Crippen LogP contribution < -0.4 is 0 Å². The lowest BCUT2D eigenvalue weighted by Gasteiger charge is -2.13. The van der Waals surface area contributed by atoms with Gasteiger partial charge in [-0.1, -0.05) is 182 Å². The van der Waals surface area contributed by atoms with Crippen molar-refractivity contribution in [2.24, 2.45) is 0 Å². The third-order valence-corrected chi connectivity index (χ3v) is 11.9. The van der Waals surface area contributed by atoms with Gasteiger partial charge in [0.05, 0.1) is 0 Å². The van der Waals surface area contributed by atoms with E-state index in [1.54, 1.807) is 0 Å². The van der Waals surface area contributed by atoms with E-state index in [2.05, 4.69) is 194 Å². The maximum absolute atomic E-state index is 6.69. The van der Waals surface area contributed by atoms with Crippen LogP contribution in [0.25, 0.3) is 122 Å². The molecule has 0 spiro atoms. The highest BCUT2D eigenvalue weighted by Gasteiger charge is 2.20. The van der Waals surface area contributed by atoms with Crippen molar-refractivity contribution in [3.63, 3.8) is 0 Å². The summed E-state index contributed by atoms with van der Waals surface area (Å²) in [4.78, 5) is 15.9. The Kier molecular flexibility index (Phi) is 8.13. The largest absolute Gasteiger partial charge is 0.455 e. The minimum absolute atomic E-state index is 0.583. The van der Waals surface area contributed by atoms with Crippen molar-refractivity contribution in [1.82, 2.24) is 15.0 Å². The lowest BCUT2D eigenvalue weighted by molar-refractivity contribution is 0.670. The predicted octanol–water partition coefficient (Wildman–Crippen LogP) is 15.2. The van der Waals surface area contributed by atoms with Gasteiger partial charge in [0.15, 0.2) is 17.5 Å². The lowest BCUT2D eigenvalue weighted by atomic mass is 9.95. The number of para-hydroxylation sites is 1. The summed E-state index contributed by atoms with van der Waals surface area (Å²) in [5, 5.41) is 9.01. The summed E-state index contributed by atoms with van der Waals surface area (Å²) in [7, 11) is 0. The van der Waals surface area contributed by atoms with Gasteiger partial charge in [0, 0.05) is 33.0 Å². The molecule has 0 aliphatic rings. The topological polar surface area (TPSA) is 51.8 Å². The molecule has 2 heterocycles. The maximum atomic E-state index is 6.69. The molecule has 284 valence electrons. The number of aromatic nitrogens is 3. The molecule has 0 bridgehead atoms. The number of benzene rings is 10. The average molecular weight is 778 g/mol. The number of rotatable bonds is 6. The number of hydrogen-bond donors (Lipinski definition) is 0. The van der Waals surface area contributed by atoms with Crippen LogP contribution in [0.4, 0.5) is 0 Å². The molecule has 4 heteroatoms. The Morgan fingerprint density at radius 3 is 1.59 bits per heavy atom. The highest BCUT2D eigenvalue weighted by atomic mass is 16.3. The minimum atomic E-state index is 0.583. The Bertz CT molecular complexity index is 3640. The quantitative estimate of drug-likeness (QED) is 0.169. The molecule has 0 radical (unpaired) electrons. The van der Waals surface area contributed by atoms with E-state index in [-0.39, 0.29) is 0 Å². The molecule has 0 aliphatic carbocycles. The normalized spacial score (nSPS) is 11.6. The molecule has 0 amide bonds. The Morgan fingerprint density at radius 2 is 0.803 bits per heavy atom. The van der Waals surface area contributed by atoms with Crippen LogP contribution in [-0.4, -0.2) is 15.0 Å². The highest BCUT2D eigenvalue weighted by Crippen LogP contribution is 2.41. The molecule has 0 atom stereocenters. The molecular weight excluding hydrogens is 743 g/mol. The zero-order chi connectivity index (χ0) is 40.3. The number of hydrogen-bond acceptors (Lipinski definition) is 4. The van der Waals surface area contributed by atoms with Gasteiger partial charge < -0.3 is 4.42 Å². The molecule has 61 heavy (non-hydrogen) atoms. The molecule has 4 nitrogen and oxygen atoms in total. The standard InChI is InChI=1S/C57H35N3O/c1-3-14-37(15-4-1)48-24-12-25-49-53-50(26-13-27-52(53)61-54(48)49)57-59-55(58-56(60-57)44-34-41-19-8-10-22-47(41)51(35-44)38-16-5-2-6-17-38)43-31-29-39-32-42(30-28-40(39)33-43)46-23-11-20-36-18-7-9-21-45(36)46/h1-35H. The molecular formula is C57H35N3O. The van der Waals surface area contributed by atoms with E-state index in [0.717, 1.165) is 77.0 Å². The van der Waals surface area contributed by atoms with Crippen molar-refractivity contribution in [1.29, 1.82) is 0 Å². The van der Waals surface area contributed by atoms with Crippen LogP contribution in [0.2, 0.25) is 0 Å². The first-order valence-corrected chi connectivity index (χ1v) is 20.6. The maximum Gasteiger partial charge on any atom is 0.164 e. The van der Waals surface area contributed by atoms with E-state index in [1.165, 1.54) is 27.3 Å². The third-order valence-electron chi connectivity index (χ3n) is 11.9. The van der Waals surface area contributed by atoms with Gasteiger partial charge in [-0.2, -0.15) is 0 Å². The van der Waals surface area contributed by atoms with Gasteiger partial charge in [-0.3, -0.25) is 0 Å². The van der Waals surface area contributed by atoms with Crippen LogP contribution in [0, 0.1) is 0 Å². The van der Waals surface area contributed by atoms with Crippen molar-refractivity contribution in [3.8, 4) is 67.5 Å². The van der Waals surface area contributed by atoms with E-state index in [1.807, 2.05) is 18.2 Å². The molecule has 12 rings (SSSR count). The summed E-state index contributed by atoms with van der Waals surface area (Å²) in [6.45, 7) is 0. The molecule has 10 aromatic carbocycles. The fourth-order valence-corrected chi connectivity index (χ4v) is 8.96. The first kappa shape index (κ1) is 34.8. The molecule has 0 aliphatic heterocycles. The van der Waals surface area contributed by atoms with Gasteiger partial charge in [-0.05, 0) is 90.5 Å². The Morgan fingerprint density at radius 1 is 0.279 bits per heavy atom. The lowest BCUT2D eigenvalue weighted by Crippen LogP contribution is -2.01. The molecule has 0 fully saturated rings. The van der Waals surface area contributed by atoms with Crippen molar-refractivity contribution < 1.29 is 4.42 Å². The van der Waals surface area contributed by atoms with Crippen LogP contribution in [0.1, 0.15) is 0 Å². The van der Waals surface area contributed by atoms with Gasteiger partial charge in [-0.15, -0.1) is 0 Å². The van der Waals surface area contributed by atoms with Gasteiger partial charge in [0.1, 0.15) is 11.2 Å². The predicted molar refractivity (Wildman–Crippen MR) is 252 cm³/mol. The first-order valence-electron chi connectivity index (χ1n) is 20.6. The first-order chi connectivity index (χ1) is 30.2. The minimum Gasteiger partial charge on any atom is -0.455 e. The van der Waals surface area contributed by atoms with E-state index in [0.29, 0.717) is 17.5 Å². The van der Waals surface area contributed by atoms with E-state index < -0.39 is 0 Å². The van der Waals surface area contributed by atoms with Crippen LogP contribution in [0.15, 0.2) is 217 Å². The zero-order valence-corrected chi connectivity index (χ0v) is 33.0. The molecule has 0 saturated heterocycles. The smallest absolute Gasteiger partial charge is 0.164 e. The number of fused-ring (bicyclic) bond motifs is 6. The Hall–Kier alpha value is -8.21. The summed E-state index contributed by atoms with van der Waals surface area (Å²) >= 11 is 0. The molecule has 0 N–H and O–H groups in total. The van der Waals surface area contributed by atoms with Crippen LogP contribution in [0.5, 0.6) is 0 Å². The van der Waals surface area contributed by atoms with Crippen molar-refractivity contribution in [3.05, 3.63) is 212 Å². The SMILES string of the molecule is c1ccc(-c2cc(-c3nc(-c4ccc5cc(-c6cccc7ccccc67)ccc5c4)nc(-c4cccc5oc6c(-c7ccccc7)cccc6c45)n3)cc3ccccc23)cc1. The van der Waals surface area contributed by atoms with Crippen molar-refractivity contribution >= 4 is 54.3 Å². The monoisotopic (exact) mass is 777 g/mol. The second-order valence-corrected chi connectivity index (χ2v) is 15.5. The molecule has 12 aromatic rings. The number of nitrogens with zero attached hydrogens (tertiary/aromatic N) is 3. The average Bonchev–Trinajstić information content (AvgIpc) is 3.73. The van der Waals surface area contributed by atoms with Crippen molar-refractivity contribution in [2.45, 2.75) is 0 Å². The van der Waals surface area contributed by atoms with Crippen LogP contribution in [-0.2, 0) is 0 Å². The van der Waals surface area contributed by atoms with Gasteiger partial charge in [0.25, 0.3) is 0 Å². The summed E-state index contributed by atoms with van der Waals surface area (Å²) < 4.78 is 6.69. The fraction of sp³-hybridized carbons (Fsp3) is 0. The summed E-state index contributed by atoms with van der Waals surface area (Å²) in [5.41, 5.74) is 11.1. The van der Waals surface area contributed by atoms with Gasteiger partial charge in [-0.25, -0.2) is 15.0 Å². The summed E-state index contributed by atoms with van der Waals surface area (Å²) in [6.07, 6.45) is 0. The molecule has 0 saturated carbocycles. The number of furan rings is 1.